The molecular weight excluding hydrogens is 210 g/mol. The van der Waals surface area contributed by atoms with Crippen molar-refractivity contribution in [1.82, 2.24) is 4.98 Å². The molecule has 0 fully saturated rings. The second-order valence-electron chi connectivity index (χ2n) is 4.21. The van der Waals surface area contributed by atoms with Gasteiger partial charge in [-0.3, -0.25) is 4.98 Å². The van der Waals surface area contributed by atoms with Crippen molar-refractivity contribution < 1.29 is 0 Å². The number of hydrogen-bond donors (Lipinski definition) is 2. The maximum Gasteiger partial charge on any atom is 0.0823 e. The third-order valence-electron chi connectivity index (χ3n) is 2.75. The molecule has 0 aliphatic heterocycles. The molecule has 3 nitrogen and oxygen atoms in total. The summed E-state index contributed by atoms with van der Waals surface area (Å²) < 4.78 is 0. The summed E-state index contributed by atoms with van der Waals surface area (Å²) in [6.45, 7) is 4.83. The number of nitrogen functional groups attached to an aromatic ring is 1. The molecule has 0 spiro atoms. The highest BCUT2D eigenvalue weighted by Crippen LogP contribution is 2.17. The van der Waals surface area contributed by atoms with Gasteiger partial charge in [0.1, 0.15) is 0 Å². The maximum absolute atomic E-state index is 5.84. The van der Waals surface area contributed by atoms with E-state index in [1.54, 1.807) is 6.20 Å². The van der Waals surface area contributed by atoms with Crippen molar-refractivity contribution in [3.63, 3.8) is 0 Å². The summed E-state index contributed by atoms with van der Waals surface area (Å²) >= 11 is 0. The highest BCUT2D eigenvalue weighted by Gasteiger charge is 2.01. The minimum atomic E-state index is 0.649. The van der Waals surface area contributed by atoms with Gasteiger partial charge in [0.15, 0.2) is 0 Å². The monoisotopic (exact) mass is 227 g/mol. The highest BCUT2D eigenvalue weighted by atomic mass is 14.9. The molecule has 1 aromatic carbocycles. The summed E-state index contributed by atoms with van der Waals surface area (Å²) in [7, 11) is 0. The van der Waals surface area contributed by atoms with Gasteiger partial charge in [0.25, 0.3) is 0 Å². The molecule has 17 heavy (non-hydrogen) atoms. The fraction of sp³-hybridized carbons (Fsp3) is 0.214. The van der Waals surface area contributed by atoms with Crippen LogP contribution in [-0.4, -0.2) is 4.98 Å². The van der Waals surface area contributed by atoms with Gasteiger partial charge in [0, 0.05) is 11.9 Å². The maximum atomic E-state index is 5.84. The van der Waals surface area contributed by atoms with Crippen LogP contribution in [0.1, 0.15) is 16.8 Å². The number of aromatic nitrogens is 1. The first kappa shape index (κ1) is 11.5. The number of aryl methyl sites for hydroxylation is 2. The molecule has 0 radical (unpaired) electrons. The molecule has 0 aliphatic rings. The molecule has 0 aliphatic carbocycles. The summed E-state index contributed by atoms with van der Waals surface area (Å²) in [5.74, 6) is 0. The third-order valence-corrected chi connectivity index (χ3v) is 2.75. The zero-order valence-corrected chi connectivity index (χ0v) is 10.2. The van der Waals surface area contributed by atoms with Crippen LogP contribution in [0, 0.1) is 13.8 Å². The van der Waals surface area contributed by atoms with E-state index in [9.17, 15) is 0 Å². The van der Waals surface area contributed by atoms with Gasteiger partial charge < -0.3 is 11.1 Å². The van der Waals surface area contributed by atoms with E-state index >= 15 is 0 Å². The molecule has 0 atom stereocenters. The van der Waals surface area contributed by atoms with Gasteiger partial charge in [0.2, 0.25) is 0 Å². The Kier molecular flexibility index (Phi) is 3.28. The number of rotatable bonds is 3. The quantitative estimate of drug-likeness (QED) is 0.847. The lowest BCUT2D eigenvalue weighted by molar-refractivity contribution is 1.05. The largest absolute Gasteiger partial charge is 0.397 e. The Labute approximate surface area is 102 Å². The van der Waals surface area contributed by atoms with Crippen LogP contribution in [-0.2, 0) is 6.54 Å². The molecule has 0 saturated carbocycles. The topological polar surface area (TPSA) is 50.9 Å². The normalized spacial score (nSPS) is 10.2. The van der Waals surface area contributed by atoms with E-state index in [0.29, 0.717) is 6.54 Å². The van der Waals surface area contributed by atoms with Gasteiger partial charge in [-0.15, -0.1) is 0 Å². The molecule has 2 aromatic rings. The van der Waals surface area contributed by atoms with Crippen LogP contribution < -0.4 is 11.1 Å². The van der Waals surface area contributed by atoms with Crippen LogP contribution in [0.3, 0.4) is 0 Å². The average Bonchev–Trinajstić information content (AvgIpc) is 2.30. The van der Waals surface area contributed by atoms with E-state index in [4.69, 9.17) is 5.73 Å². The Morgan fingerprint density at radius 1 is 1.24 bits per heavy atom. The predicted molar refractivity (Wildman–Crippen MR) is 71.9 cm³/mol. The van der Waals surface area contributed by atoms with Gasteiger partial charge in [-0.05, 0) is 37.6 Å². The molecule has 1 aromatic heterocycles. The number of nitrogens with two attached hydrogens (primary N) is 1. The lowest BCUT2D eigenvalue weighted by Gasteiger charge is -2.10. The number of nitrogens with zero attached hydrogens (tertiary/aromatic N) is 1. The van der Waals surface area contributed by atoms with Crippen molar-refractivity contribution in [3.8, 4) is 0 Å². The predicted octanol–water partition coefficient (Wildman–Crippen LogP) is 2.89. The number of benzene rings is 1. The van der Waals surface area contributed by atoms with Crippen LogP contribution in [0.5, 0.6) is 0 Å². The Bertz CT molecular complexity index is 521. The van der Waals surface area contributed by atoms with Gasteiger partial charge in [0.05, 0.1) is 17.9 Å². The Morgan fingerprint density at radius 2 is 2.06 bits per heavy atom. The second-order valence-corrected chi connectivity index (χ2v) is 4.21. The fourth-order valence-electron chi connectivity index (χ4n) is 1.79. The molecule has 88 valence electrons. The van der Waals surface area contributed by atoms with Crippen molar-refractivity contribution in [2.75, 3.05) is 11.1 Å². The van der Waals surface area contributed by atoms with E-state index < -0.39 is 0 Å². The molecular formula is C14H17N3. The van der Waals surface area contributed by atoms with Crippen LogP contribution in [0.4, 0.5) is 11.4 Å². The summed E-state index contributed by atoms with van der Waals surface area (Å²) in [4.78, 5) is 4.25. The fourth-order valence-corrected chi connectivity index (χ4v) is 1.79. The summed E-state index contributed by atoms with van der Waals surface area (Å²) in [5.41, 5.74) is 11.1. The Hall–Kier alpha value is -2.03. The van der Waals surface area contributed by atoms with Crippen LogP contribution >= 0.6 is 0 Å². The van der Waals surface area contributed by atoms with E-state index in [0.717, 1.165) is 17.1 Å². The van der Waals surface area contributed by atoms with Crippen LogP contribution in [0.2, 0.25) is 0 Å². The molecule has 0 saturated heterocycles. The first-order chi connectivity index (χ1) is 8.16. The lowest BCUT2D eigenvalue weighted by atomic mass is 10.1. The van der Waals surface area contributed by atoms with E-state index in [2.05, 4.69) is 42.3 Å². The summed E-state index contributed by atoms with van der Waals surface area (Å²) in [6, 6.07) is 10.0. The van der Waals surface area contributed by atoms with Crippen molar-refractivity contribution >= 4 is 11.4 Å². The number of anilines is 2. The molecule has 0 unspecified atom stereocenters. The Balaban J connectivity index is 2.10. The molecule has 0 amide bonds. The van der Waals surface area contributed by atoms with E-state index in [1.807, 2.05) is 12.1 Å². The third kappa shape index (κ3) is 2.75. The molecule has 1 heterocycles. The highest BCUT2D eigenvalue weighted by molar-refractivity contribution is 5.53. The standard InChI is InChI=1S/C14H17N3/c1-10-5-6-13(11(2)8-10)17-9-14-12(15)4-3-7-16-14/h3-8,17H,9,15H2,1-2H3. The lowest BCUT2D eigenvalue weighted by Crippen LogP contribution is -2.05. The summed E-state index contributed by atoms with van der Waals surface area (Å²) in [6.07, 6.45) is 1.76. The van der Waals surface area contributed by atoms with Crippen LogP contribution in [0.25, 0.3) is 0 Å². The van der Waals surface area contributed by atoms with Crippen molar-refractivity contribution in [1.29, 1.82) is 0 Å². The average molecular weight is 227 g/mol. The van der Waals surface area contributed by atoms with Gasteiger partial charge >= 0.3 is 0 Å². The van der Waals surface area contributed by atoms with E-state index in [-0.39, 0.29) is 0 Å². The number of nitrogens with one attached hydrogen (secondary N) is 1. The minimum absolute atomic E-state index is 0.649. The number of hydrogen-bond acceptors (Lipinski definition) is 3. The zero-order chi connectivity index (χ0) is 12.3. The van der Waals surface area contributed by atoms with E-state index in [1.165, 1.54) is 11.1 Å². The first-order valence-electron chi connectivity index (χ1n) is 5.67. The Morgan fingerprint density at radius 3 is 2.76 bits per heavy atom. The minimum Gasteiger partial charge on any atom is -0.397 e. The summed E-state index contributed by atoms with van der Waals surface area (Å²) in [5, 5.41) is 3.35. The van der Waals surface area contributed by atoms with Crippen molar-refractivity contribution in [2.24, 2.45) is 0 Å². The molecule has 3 N–H and O–H groups in total. The molecule has 0 bridgehead atoms. The second kappa shape index (κ2) is 4.87. The van der Waals surface area contributed by atoms with Crippen molar-refractivity contribution in [3.05, 3.63) is 53.3 Å². The van der Waals surface area contributed by atoms with Gasteiger partial charge in [-0.25, -0.2) is 0 Å². The smallest absolute Gasteiger partial charge is 0.0823 e. The molecule has 3 heteroatoms. The number of pyridine rings is 1. The van der Waals surface area contributed by atoms with Gasteiger partial charge in [-0.1, -0.05) is 17.7 Å². The SMILES string of the molecule is Cc1ccc(NCc2ncccc2N)c(C)c1. The molecule has 2 rings (SSSR count). The van der Waals surface area contributed by atoms with Crippen LogP contribution in [0.15, 0.2) is 36.5 Å². The zero-order valence-electron chi connectivity index (χ0n) is 10.2. The first-order valence-corrected chi connectivity index (χ1v) is 5.67. The van der Waals surface area contributed by atoms with Crippen molar-refractivity contribution in [2.45, 2.75) is 20.4 Å². The van der Waals surface area contributed by atoms with Gasteiger partial charge in [-0.2, -0.15) is 0 Å².